The molecular formula is C13H21F3N2O3. The molecule has 0 unspecified atom stereocenters. The molecule has 0 aliphatic carbocycles. The van der Waals surface area contributed by atoms with Crippen molar-refractivity contribution in [1.29, 1.82) is 0 Å². The van der Waals surface area contributed by atoms with Crippen LogP contribution in [-0.2, 0) is 4.79 Å². The summed E-state index contributed by atoms with van der Waals surface area (Å²) in [7, 11) is 0. The van der Waals surface area contributed by atoms with Gasteiger partial charge in [0.2, 0.25) is 0 Å². The molecule has 0 radical (unpaired) electrons. The van der Waals surface area contributed by atoms with Gasteiger partial charge in [0.1, 0.15) is 0 Å². The lowest BCUT2D eigenvalue weighted by molar-refractivity contribution is -0.187. The molecule has 8 heteroatoms. The fourth-order valence-corrected chi connectivity index (χ4v) is 2.21. The molecule has 2 atom stereocenters. The van der Waals surface area contributed by atoms with Crippen LogP contribution in [0.3, 0.4) is 0 Å². The SMILES string of the molecule is CC(C)(C)CCNC(=O)N1C[C@@H](C(F)(F)F)[C@H](C(=O)O)C1. The van der Waals surface area contributed by atoms with Crippen molar-refractivity contribution in [3.05, 3.63) is 0 Å². The highest BCUT2D eigenvalue weighted by Gasteiger charge is 2.53. The number of rotatable bonds is 3. The molecule has 21 heavy (non-hydrogen) atoms. The van der Waals surface area contributed by atoms with Crippen molar-refractivity contribution in [2.24, 2.45) is 17.3 Å². The van der Waals surface area contributed by atoms with E-state index in [1.165, 1.54) is 0 Å². The van der Waals surface area contributed by atoms with E-state index in [-0.39, 0.29) is 5.41 Å². The summed E-state index contributed by atoms with van der Waals surface area (Å²) in [6.07, 6.45) is -3.94. The molecule has 5 nitrogen and oxygen atoms in total. The predicted octanol–water partition coefficient (Wildman–Crippen LogP) is 2.33. The van der Waals surface area contributed by atoms with Crippen molar-refractivity contribution in [1.82, 2.24) is 10.2 Å². The second kappa shape index (κ2) is 6.11. The fourth-order valence-electron chi connectivity index (χ4n) is 2.21. The number of hydrogen-bond acceptors (Lipinski definition) is 2. The zero-order valence-electron chi connectivity index (χ0n) is 12.3. The maximum atomic E-state index is 12.8. The first kappa shape index (κ1) is 17.6. The van der Waals surface area contributed by atoms with Crippen molar-refractivity contribution in [2.75, 3.05) is 19.6 Å². The molecule has 1 aliphatic rings. The van der Waals surface area contributed by atoms with E-state index in [1.54, 1.807) is 0 Å². The van der Waals surface area contributed by atoms with Crippen LogP contribution in [0, 0.1) is 17.3 Å². The molecule has 1 rings (SSSR count). The molecule has 0 spiro atoms. The minimum Gasteiger partial charge on any atom is -0.481 e. The first-order chi connectivity index (χ1) is 9.42. The van der Waals surface area contributed by atoms with Crippen molar-refractivity contribution in [3.63, 3.8) is 0 Å². The van der Waals surface area contributed by atoms with Gasteiger partial charge in [-0.25, -0.2) is 4.79 Å². The zero-order valence-corrected chi connectivity index (χ0v) is 12.3. The minimum absolute atomic E-state index is 0.00358. The lowest BCUT2D eigenvalue weighted by atomic mass is 9.92. The molecule has 0 bridgehead atoms. The van der Waals surface area contributed by atoms with Gasteiger partial charge >= 0.3 is 18.2 Å². The summed E-state index contributed by atoms with van der Waals surface area (Å²) >= 11 is 0. The average Bonchev–Trinajstić information content (AvgIpc) is 2.71. The van der Waals surface area contributed by atoms with E-state index in [1.807, 2.05) is 20.8 Å². The number of carboxylic acids is 1. The summed E-state index contributed by atoms with van der Waals surface area (Å²) in [5, 5.41) is 11.4. The summed E-state index contributed by atoms with van der Waals surface area (Å²) in [6.45, 7) is 5.26. The third kappa shape index (κ3) is 5.09. The van der Waals surface area contributed by atoms with Gasteiger partial charge < -0.3 is 15.3 Å². The van der Waals surface area contributed by atoms with E-state index in [4.69, 9.17) is 5.11 Å². The smallest absolute Gasteiger partial charge is 0.394 e. The summed E-state index contributed by atoms with van der Waals surface area (Å²) in [4.78, 5) is 23.7. The minimum atomic E-state index is -4.62. The molecule has 2 amide bonds. The van der Waals surface area contributed by atoms with Crippen LogP contribution in [0.2, 0.25) is 0 Å². The standard InChI is InChI=1S/C13H21F3N2O3/c1-12(2,3)4-5-17-11(21)18-6-8(10(19)20)9(7-18)13(14,15)16/h8-9H,4-7H2,1-3H3,(H,17,21)(H,19,20)/t8-,9-/m1/s1. The van der Waals surface area contributed by atoms with Gasteiger partial charge in [0.05, 0.1) is 11.8 Å². The van der Waals surface area contributed by atoms with Gasteiger partial charge in [-0.3, -0.25) is 4.79 Å². The Bertz CT molecular complexity index is 404. The van der Waals surface area contributed by atoms with Crippen LogP contribution >= 0.6 is 0 Å². The molecule has 1 saturated heterocycles. The van der Waals surface area contributed by atoms with E-state index in [2.05, 4.69) is 5.32 Å². The highest BCUT2D eigenvalue weighted by molar-refractivity contribution is 5.77. The van der Waals surface area contributed by atoms with Crippen LogP contribution in [0.5, 0.6) is 0 Å². The Kier molecular flexibility index (Phi) is 5.11. The normalized spacial score (nSPS) is 23.2. The maximum Gasteiger partial charge on any atom is 0.394 e. The Hall–Kier alpha value is -1.47. The molecule has 2 N–H and O–H groups in total. The van der Waals surface area contributed by atoms with Crippen LogP contribution in [0.4, 0.5) is 18.0 Å². The molecule has 0 aromatic rings. The molecule has 0 saturated carbocycles. The largest absolute Gasteiger partial charge is 0.481 e. The van der Waals surface area contributed by atoms with E-state index < -0.39 is 43.1 Å². The molecule has 122 valence electrons. The molecule has 1 fully saturated rings. The number of halogens is 3. The lowest BCUT2D eigenvalue weighted by Gasteiger charge is -2.21. The van der Waals surface area contributed by atoms with Crippen molar-refractivity contribution in [2.45, 2.75) is 33.4 Å². The Balaban J connectivity index is 2.61. The molecular weight excluding hydrogens is 289 g/mol. The number of nitrogens with zero attached hydrogens (tertiary/aromatic N) is 1. The Morgan fingerprint density at radius 3 is 2.19 bits per heavy atom. The van der Waals surface area contributed by atoms with Crippen LogP contribution in [-0.4, -0.2) is 47.8 Å². The third-order valence-corrected chi connectivity index (χ3v) is 3.50. The van der Waals surface area contributed by atoms with Gasteiger partial charge in [-0.05, 0) is 11.8 Å². The predicted molar refractivity (Wildman–Crippen MR) is 69.7 cm³/mol. The van der Waals surface area contributed by atoms with Crippen molar-refractivity contribution >= 4 is 12.0 Å². The number of nitrogens with one attached hydrogen (secondary N) is 1. The highest BCUT2D eigenvalue weighted by Crippen LogP contribution is 2.37. The summed E-state index contributed by atoms with van der Waals surface area (Å²) in [5.74, 6) is -5.14. The number of carboxylic acid groups (broad SMARTS) is 1. The lowest BCUT2D eigenvalue weighted by Crippen LogP contribution is -2.40. The van der Waals surface area contributed by atoms with E-state index in [0.29, 0.717) is 13.0 Å². The number of hydrogen-bond donors (Lipinski definition) is 2. The topological polar surface area (TPSA) is 69.6 Å². The molecule has 0 aromatic carbocycles. The van der Waals surface area contributed by atoms with E-state index >= 15 is 0 Å². The number of amides is 2. The first-order valence-electron chi connectivity index (χ1n) is 6.74. The Morgan fingerprint density at radius 1 is 1.24 bits per heavy atom. The summed E-state index contributed by atoms with van der Waals surface area (Å²) in [6, 6.07) is -0.641. The monoisotopic (exact) mass is 310 g/mol. The third-order valence-electron chi connectivity index (χ3n) is 3.50. The Morgan fingerprint density at radius 2 is 1.81 bits per heavy atom. The second-order valence-corrected chi connectivity index (χ2v) is 6.54. The van der Waals surface area contributed by atoms with Crippen molar-refractivity contribution < 1.29 is 27.9 Å². The zero-order chi connectivity index (χ0) is 16.4. The average molecular weight is 310 g/mol. The summed E-state index contributed by atoms with van der Waals surface area (Å²) < 4.78 is 38.4. The number of carbonyl (C=O) groups is 2. The van der Waals surface area contributed by atoms with Gasteiger partial charge in [0, 0.05) is 19.6 Å². The van der Waals surface area contributed by atoms with E-state index in [0.717, 1.165) is 4.90 Å². The molecule has 0 aromatic heterocycles. The van der Waals surface area contributed by atoms with Gasteiger partial charge in [0.15, 0.2) is 0 Å². The summed E-state index contributed by atoms with van der Waals surface area (Å²) in [5.41, 5.74) is -0.00358. The first-order valence-corrected chi connectivity index (χ1v) is 6.74. The van der Waals surface area contributed by atoms with Crippen LogP contribution < -0.4 is 5.32 Å². The van der Waals surface area contributed by atoms with Gasteiger partial charge in [-0.2, -0.15) is 13.2 Å². The van der Waals surface area contributed by atoms with Gasteiger partial charge in [-0.15, -0.1) is 0 Å². The highest BCUT2D eigenvalue weighted by atomic mass is 19.4. The number of carbonyl (C=O) groups excluding carboxylic acids is 1. The molecule has 1 heterocycles. The van der Waals surface area contributed by atoms with Gasteiger partial charge in [-0.1, -0.05) is 20.8 Å². The number of alkyl halides is 3. The number of urea groups is 1. The van der Waals surface area contributed by atoms with Gasteiger partial charge in [0.25, 0.3) is 0 Å². The quantitative estimate of drug-likeness (QED) is 0.840. The molecule has 1 aliphatic heterocycles. The number of likely N-dealkylation sites (tertiary alicyclic amines) is 1. The van der Waals surface area contributed by atoms with Crippen LogP contribution in [0.25, 0.3) is 0 Å². The van der Waals surface area contributed by atoms with Crippen molar-refractivity contribution in [3.8, 4) is 0 Å². The van der Waals surface area contributed by atoms with E-state index in [9.17, 15) is 22.8 Å². The number of aliphatic carboxylic acids is 1. The van der Waals surface area contributed by atoms with Crippen LogP contribution in [0.1, 0.15) is 27.2 Å². The second-order valence-electron chi connectivity index (χ2n) is 6.54. The Labute approximate surface area is 121 Å². The fraction of sp³-hybridized carbons (Fsp3) is 0.846. The van der Waals surface area contributed by atoms with Crippen LogP contribution in [0.15, 0.2) is 0 Å². The maximum absolute atomic E-state index is 12.8.